The summed E-state index contributed by atoms with van der Waals surface area (Å²) in [6, 6.07) is 3.33. The fraction of sp³-hybridized carbons (Fsp3) is 0.550. The van der Waals surface area contributed by atoms with Crippen molar-refractivity contribution in [3.8, 4) is 0 Å². The highest BCUT2D eigenvalue weighted by Crippen LogP contribution is 2.37. The fourth-order valence-corrected chi connectivity index (χ4v) is 6.08. The number of aromatic nitrogens is 2. The number of rotatable bonds is 6. The summed E-state index contributed by atoms with van der Waals surface area (Å²) >= 11 is 0.308. The van der Waals surface area contributed by atoms with Gasteiger partial charge in [-0.25, -0.2) is 26.9 Å². The van der Waals surface area contributed by atoms with E-state index >= 15 is 0 Å². The Morgan fingerprint density at radius 1 is 1.27 bits per heavy atom. The van der Waals surface area contributed by atoms with Crippen molar-refractivity contribution >= 4 is 43.2 Å². The molecular weight excluding hydrogens is 472 g/mol. The summed E-state index contributed by atoms with van der Waals surface area (Å²) in [6.45, 7) is 7.18. The summed E-state index contributed by atoms with van der Waals surface area (Å²) < 4.78 is 56.5. The van der Waals surface area contributed by atoms with Crippen molar-refractivity contribution in [1.82, 2.24) is 19.4 Å². The molecule has 3 heterocycles. The molecule has 1 aliphatic carbocycles. The van der Waals surface area contributed by atoms with Crippen LogP contribution >= 0.6 is 11.8 Å². The van der Waals surface area contributed by atoms with Gasteiger partial charge in [-0.05, 0) is 57.5 Å². The molecule has 2 aromatic heterocycles. The highest BCUT2D eigenvalue weighted by molar-refractivity contribution is 8.26. The second kappa shape index (κ2) is 8.60. The smallest absolute Gasteiger partial charge is 0.285 e. The fourth-order valence-electron chi connectivity index (χ4n) is 4.01. The van der Waals surface area contributed by atoms with E-state index in [0.717, 1.165) is 12.8 Å². The van der Waals surface area contributed by atoms with Gasteiger partial charge in [0.25, 0.3) is 6.43 Å². The highest BCUT2D eigenvalue weighted by atomic mass is 32.2. The van der Waals surface area contributed by atoms with Crippen LogP contribution < -0.4 is 14.9 Å². The molecule has 0 bridgehead atoms. The molecule has 1 aliphatic heterocycles. The van der Waals surface area contributed by atoms with Crippen molar-refractivity contribution in [2.45, 2.75) is 62.6 Å². The van der Waals surface area contributed by atoms with E-state index in [1.165, 1.54) is 12.4 Å². The van der Waals surface area contributed by atoms with Crippen molar-refractivity contribution < 1.29 is 17.2 Å². The monoisotopic (exact) mass is 499 g/mol. The predicted molar refractivity (Wildman–Crippen MR) is 126 cm³/mol. The topological polar surface area (TPSA) is 126 Å². The molecule has 0 amide bonds. The zero-order chi connectivity index (χ0) is 24.1. The number of hydrogen-bond donors (Lipinski definition) is 4. The number of pyridine rings is 1. The second-order valence-electron chi connectivity index (χ2n) is 9.03. The molecule has 0 unspecified atom stereocenters. The van der Waals surface area contributed by atoms with Gasteiger partial charge >= 0.3 is 0 Å². The number of alkyl halides is 2. The lowest BCUT2D eigenvalue weighted by Crippen LogP contribution is -2.54. The Morgan fingerprint density at radius 3 is 2.48 bits per heavy atom. The first kappa shape index (κ1) is 24.0. The van der Waals surface area contributed by atoms with Crippen LogP contribution in [0.1, 0.15) is 39.3 Å². The third kappa shape index (κ3) is 5.05. The molecule has 1 saturated carbocycles. The molecule has 0 spiro atoms. The molecular formula is C20H27F2N7O2S2. The largest absolute Gasteiger partial charge is 0.355 e. The molecule has 2 fully saturated rings. The van der Waals surface area contributed by atoms with Crippen LogP contribution in [0.2, 0.25) is 0 Å². The molecule has 0 aromatic carbocycles. The van der Waals surface area contributed by atoms with E-state index in [4.69, 9.17) is 10.8 Å². The van der Waals surface area contributed by atoms with Crippen molar-refractivity contribution in [2.24, 2.45) is 0 Å². The van der Waals surface area contributed by atoms with Crippen molar-refractivity contribution in [3.63, 3.8) is 0 Å². The number of fused-ring (bicyclic) bond motifs is 1. The molecule has 4 rings (SSSR count). The Morgan fingerprint density at radius 2 is 1.91 bits per heavy atom. The van der Waals surface area contributed by atoms with Gasteiger partial charge in [0.2, 0.25) is 10.0 Å². The van der Waals surface area contributed by atoms with Crippen LogP contribution in [0.15, 0.2) is 23.4 Å². The highest BCUT2D eigenvalue weighted by Gasteiger charge is 2.41. The molecule has 2 aromatic rings. The van der Waals surface area contributed by atoms with Gasteiger partial charge in [0.1, 0.15) is 27.9 Å². The number of imidazole rings is 1. The van der Waals surface area contributed by atoms with Gasteiger partial charge in [-0.2, -0.15) is 0 Å². The molecule has 33 heavy (non-hydrogen) atoms. The summed E-state index contributed by atoms with van der Waals surface area (Å²) in [6.07, 6.45) is -0.0282. The number of piperazine rings is 1. The number of nitrogens with zero attached hydrogens (tertiary/aromatic N) is 3. The van der Waals surface area contributed by atoms with E-state index in [1.807, 2.05) is 20.8 Å². The van der Waals surface area contributed by atoms with Crippen LogP contribution in [0, 0.1) is 10.8 Å². The van der Waals surface area contributed by atoms with E-state index in [1.54, 1.807) is 10.5 Å². The van der Waals surface area contributed by atoms with Crippen LogP contribution in [0.5, 0.6) is 0 Å². The Kier molecular flexibility index (Phi) is 6.27. The maximum Gasteiger partial charge on any atom is 0.285 e. The van der Waals surface area contributed by atoms with Gasteiger partial charge in [0.15, 0.2) is 0 Å². The minimum absolute atomic E-state index is 0.0282. The number of nitrogens with one attached hydrogen (secondary N) is 4. The number of sulfonamides is 1. The van der Waals surface area contributed by atoms with Crippen molar-refractivity contribution in [2.75, 3.05) is 18.0 Å². The summed E-state index contributed by atoms with van der Waals surface area (Å²) in [5.41, 5.74) is -0.106. The molecule has 13 heteroatoms. The van der Waals surface area contributed by atoms with Crippen LogP contribution in [0.3, 0.4) is 0 Å². The van der Waals surface area contributed by atoms with Crippen molar-refractivity contribution in [1.29, 1.82) is 10.8 Å². The third-order valence-corrected chi connectivity index (χ3v) is 8.21. The standard InChI is InChI=1S/C20H27F2N7O2S2/c1-11-8-28(9-12(2)26-11)15-7-13(33(30,31)27-20(3)4-5-20)6-14-16(25-10-29(14)15)18(23)32-19(24)17(21)22/h6-7,10-12,17,23-24,26-27H,4-5,8-9H2,1-3H3/t11-,12-/m0/s1. The predicted octanol–water partition coefficient (Wildman–Crippen LogP) is 2.65. The quantitative estimate of drug-likeness (QED) is 0.358. The van der Waals surface area contributed by atoms with E-state index in [-0.39, 0.29) is 27.7 Å². The van der Waals surface area contributed by atoms with Gasteiger partial charge in [0, 0.05) is 30.7 Å². The molecule has 0 radical (unpaired) electrons. The lowest BCUT2D eigenvalue weighted by Gasteiger charge is -2.38. The van der Waals surface area contributed by atoms with Crippen LogP contribution in [0.25, 0.3) is 5.52 Å². The lowest BCUT2D eigenvalue weighted by molar-refractivity contribution is 0.228. The molecule has 4 N–H and O–H groups in total. The summed E-state index contributed by atoms with van der Waals surface area (Å²) in [4.78, 5) is 6.31. The molecule has 1 saturated heterocycles. The molecule has 2 aliphatic rings. The van der Waals surface area contributed by atoms with Gasteiger partial charge in [-0.1, -0.05) is 0 Å². The second-order valence-corrected chi connectivity index (χ2v) is 11.8. The average Bonchev–Trinajstić information content (AvgIpc) is 3.26. The van der Waals surface area contributed by atoms with E-state index in [2.05, 4.69) is 19.9 Å². The minimum Gasteiger partial charge on any atom is -0.355 e. The lowest BCUT2D eigenvalue weighted by atomic mass is 10.1. The van der Waals surface area contributed by atoms with Gasteiger partial charge in [-0.3, -0.25) is 15.2 Å². The summed E-state index contributed by atoms with van der Waals surface area (Å²) in [5.74, 6) is 0.592. The number of halogens is 2. The molecule has 2 atom stereocenters. The Labute approximate surface area is 195 Å². The summed E-state index contributed by atoms with van der Waals surface area (Å²) in [7, 11) is -3.86. The Hall–Kier alpha value is -2.09. The SMILES string of the molecule is C[C@H]1CN(c2cc(S(=O)(=O)NC3(C)CC3)cc3c(C(=N)SC(=N)C(F)F)ncn23)C[C@H](C)N1. The van der Waals surface area contributed by atoms with Crippen LogP contribution in [0.4, 0.5) is 14.6 Å². The maximum atomic E-state index is 13.2. The minimum atomic E-state index is -3.86. The normalized spacial score (nSPS) is 22.7. The Balaban J connectivity index is 1.82. The van der Waals surface area contributed by atoms with E-state index < -0.39 is 27.0 Å². The average molecular weight is 500 g/mol. The summed E-state index contributed by atoms with van der Waals surface area (Å²) in [5, 5.41) is 17.8. The van der Waals surface area contributed by atoms with Gasteiger partial charge in [-0.15, -0.1) is 0 Å². The van der Waals surface area contributed by atoms with Crippen LogP contribution in [-0.4, -0.2) is 65.0 Å². The number of anilines is 1. The molecule has 180 valence electrons. The van der Waals surface area contributed by atoms with E-state index in [0.29, 0.717) is 36.2 Å². The third-order valence-electron chi connectivity index (χ3n) is 5.80. The zero-order valence-electron chi connectivity index (χ0n) is 18.5. The first-order chi connectivity index (χ1) is 15.4. The first-order valence-electron chi connectivity index (χ1n) is 10.6. The van der Waals surface area contributed by atoms with Gasteiger partial charge < -0.3 is 10.2 Å². The van der Waals surface area contributed by atoms with Gasteiger partial charge in [0.05, 0.1) is 10.4 Å². The maximum absolute atomic E-state index is 13.2. The molecule has 9 nitrogen and oxygen atoms in total. The van der Waals surface area contributed by atoms with Crippen molar-refractivity contribution in [3.05, 3.63) is 24.2 Å². The first-order valence-corrected chi connectivity index (χ1v) is 12.9. The Bertz CT molecular complexity index is 1200. The van der Waals surface area contributed by atoms with E-state index in [9.17, 15) is 17.2 Å². The zero-order valence-corrected chi connectivity index (χ0v) is 20.2. The number of thioether (sulfide) groups is 1. The number of hydrogen-bond acceptors (Lipinski definition) is 8. The van der Waals surface area contributed by atoms with Crippen LogP contribution in [-0.2, 0) is 10.0 Å².